The van der Waals surface area contributed by atoms with E-state index in [4.69, 9.17) is 10.5 Å². The minimum Gasteiger partial charge on any atom is -0.496 e. The molecule has 0 aliphatic heterocycles. The summed E-state index contributed by atoms with van der Waals surface area (Å²) >= 11 is 0. The Hall–Kier alpha value is -1.66. The van der Waals surface area contributed by atoms with E-state index in [1.807, 2.05) is 6.07 Å². The first-order valence-electron chi connectivity index (χ1n) is 5.35. The molecule has 0 atom stereocenters. The molecule has 0 bridgehead atoms. The first kappa shape index (κ1) is 15.4. The summed E-state index contributed by atoms with van der Waals surface area (Å²) in [6.07, 6.45) is 2.66. The number of hydrogen-bond donors (Lipinski definition) is 1. The standard InChI is InChI=1S/C12H13F2N3O.ClH/c1-18-11-4-8(5-15)2-3-10(11)9-6-16-17(7-9)12(13)14;/h2-4,6-7,12H,5,15H2,1H3;1H. The lowest BCUT2D eigenvalue weighted by Gasteiger charge is -2.08. The first-order valence-corrected chi connectivity index (χ1v) is 5.35. The lowest BCUT2D eigenvalue weighted by Crippen LogP contribution is -1.98. The maximum atomic E-state index is 12.4. The van der Waals surface area contributed by atoms with Gasteiger partial charge in [-0.3, -0.25) is 0 Å². The van der Waals surface area contributed by atoms with Gasteiger partial charge in [0.2, 0.25) is 0 Å². The molecule has 0 aliphatic rings. The number of aromatic nitrogens is 2. The molecule has 4 nitrogen and oxygen atoms in total. The van der Waals surface area contributed by atoms with Crippen LogP contribution < -0.4 is 10.5 Å². The summed E-state index contributed by atoms with van der Waals surface area (Å²) in [7, 11) is 1.52. The van der Waals surface area contributed by atoms with Crippen LogP contribution in [0.15, 0.2) is 30.6 Å². The largest absolute Gasteiger partial charge is 0.496 e. The van der Waals surface area contributed by atoms with Crippen LogP contribution in [0, 0.1) is 0 Å². The van der Waals surface area contributed by atoms with Gasteiger partial charge in [-0.2, -0.15) is 13.9 Å². The molecule has 7 heteroatoms. The summed E-state index contributed by atoms with van der Waals surface area (Å²) in [6, 6.07) is 5.40. The summed E-state index contributed by atoms with van der Waals surface area (Å²) in [5.41, 5.74) is 7.74. The second kappa shape index (κ2) is 6.49. The Morgan fingerprint density at radius 2 is 2.16 bits per heavy atom. The SMILES string of the molecule is COc1cc(CN)ccc1-c1cnn(C(F)F)c1.Cl. The van der Waals surface area contributed by atoms with Gasteiger partial charge in [0.25, 0.3) is 0 Å². The fourth-order valence-electron chi connectivity index (χ4n) is 1.68. The highest BCUT2D eigenvalue weighted by Crippen LogP contribution is 2.31. The summed E-state index contributed by atoms with van der Waals surface area (Å²) in [6.45, 7) is -2.25. The Morgan fingerprint density at radius 3 is 2.68 bits per heavy atom. The monoisotopic (exact) mass is 289 g/mol. The van der Waals surface area contributed by atoms with Crippen LogP contribution in [0.5, 0.6) is 5.75 Å². The lowest BCUT2D eigenvalue weighted by molar-refractivity contribution is 0.0566. The van der Waals surface area contributed by atoms with Crippen LogP contribution in [-0.2, 0) is 6.54 Å². The van der Waals surface area contributed by atoms with Crippen LogP contribution in [0.4, 0.5) is 8.78 Å². The molecule has 0 spiro atoms. The van der Waals surface area contributed by atoms with E-state index in [1.54, 1.807) is 12.1 Å². The second-order valence-electron chi connectivity index (χ2n) is 3.73. The van der Waals surface area contributed by atoms with Crippen LogP contribution in [0.1, 0.15) is 12.1 Å². The zero-order chi connectivity index (χ0) is 13.1. The molecule has 0 unspecified atom stereocenters. The third kappa shape index (κ3) is 3.21. The van der Waals surface area contributed by atoms with Gasteiger partial charge in [0.1, 0.15) is 5.75 Å². The smallest absolute Gasteiger partial charge is 0.333 e. The molecule has 0 saturated carbocycles. The molecule has 0 aliphatic carbocycles. The molecule has 2 aromatic rings. The van der Waals surface area contributed by atoms with Crippen molar-refractivity contribution < 1.29 is 13.5 Å². The van der Waals surface area contributed by atoms with Gasteiger partial charge in [0.15, 0.2) is 0 Å². The number of alkyl halides is 2. The van der Waals surface area contributed by atoms with Crippen molar-refractivity contribution in [3.8, 4) is 16.9 Å². The minimum absolute atomic E-state index is 0. The van der Waals surface area contributed by atoms with Gasteiger partial charge in [-0.1, -0.05) is 12.1 Å². The molecule has 104 valence electrons. The highest BCUT2D eigenvalue weighted by molar-refractivity contribution is 5.85. The molecular weight excluding hydrogens is 276 g/mol. The fourth-order valence-corrected chi connectivity index (χ4v) is 1.68. The Morgan fingerprint density at radius 1 is 1.42 bits per heavy atom. The van der Waals surface area contributed by atoms with Gasteiger partial charge in [0, 0.05) is 23.9 Å². The quantitative estimate of drug-likeness (QED) is 0.941. The Balaban J connectivity index is 0.00000180. The molecular formula is C12H14ClF2N3O. The van der Waals surface area contributed by atoms with E-state index in [1.165, 1.54) is 19.5 Å². The molecule has 1 aromatic carbocycles. The van der Waals surface area contributed by atoms with Crippen molar-refractivity contribution >= 4 is 12.4 Å². The molecule has 0 fully saturated rings. The maximum Gasteiger partial charge on any atom is 0.333 e. The third-order valence-corrected chi connectivity index (χ3v) is 2.61. The molecule has 19 heavy (non-hydrogen) atoms. The van der Waals surface area contributed by atoms with Gasteiger partial charge in [-0.15, -0.1) is 12.4 Å². The number of ether oxygens (including phenoxy) is 1. The number of halogens is 3. The number of rotatable bonds is 4. The summed E-state index contributed by atoms with van der Waals surface area (Å²) in [5, 5.41) is 3.60. The summed E-state index contributed by atoms with van der Waals surface area (Å²) in [5.74, 6) is 0.590. The van der Waals surface area contributed by atoms with Crippen LogP contribution in [0.3, 0.4) is 0 Å². The van der Waals surface area contributed by atoms with Crippen LogP contribution in [-0.4, -0.2) is 16.9 Å². The molecule has 2 rings (SSSR count). The number of benzene rings is 1. The van der Waals surface area contributed by atoms with Crippen LogP contribution >= 0.6 is 12.4 Å². The van der Waals surface area contributed by atoms with E-state index in [2.05, 4.69) is 5.10 Å². The topological polar surface area (TPSA) is 53.1 Å². The third-order valence-electron chi connectivity index (χ3n) is 2.61. The van der Waals surface area contributed by atoms with Crippen molar-refractivity contribution in [1.82, 2.24) is 9.78 Å². The molecule has 0 saturated heterocycles. The van der Waals surface area contributed by atoms with E-state index < -0.39 is 6.55 Å². The van der Waals surface area contributed by atoms with Gasteiger partial charge in [0.05, 0.1) is 13.3 Å². The number of hydrogen-bond acceptors (Lipinski definition) is 3. The Labute approximate surface area is 115 Å². The summed E-state index contributed by atoms with van der Waals surface area (Å²) in [4.78, 5) is 0. The maximum absolute atomic E-state index is 12.4. The number of nitrogens with two attached hydrogens (primary N) is 1. The molecule has 0 amide bonds. The van der Waals surface area contributed by atoms with Crippen molar-refractivity contribution in [2.75, 3.05) is 7.11 Å². The minimum atomic E-state index is -2.65. The summed E-state index contributed by atoms with van der Waals surface area (Å²) < 4.78 is 30.7. The first-order chi connectivity index (χ1) is 8.65. The van der Waals surface area contributed by atoms with E-state index in [0.29, 0.717) is 28.1 Å². The number of methoxy groups -OCH3 is 1. The van der Waals surface area contributed by atoms with E-state index in [9.17, 15) is 8.78 Å². The van der Waals surface area contributed by atoms with Gasteiger partial charge >= 0.3 is 6.55 Å². The van der Waals surface area contributed by atoms with E-state index in [0.717, 1.165) is 5.56 Å². The van der Waals surface area contributed by atoms with Crippen molar-refractivity contribution in [2.24, 2.45) is 5.73 Å². The van der Waals surface area contributed by atoms with Gasteiger partial charge in [-0.25, -0.2) is 4.68 Å². The molecule has 2 N–H and O–H groups in total. The Bertz CT molecular complexity index is 546. The van der Waals surface area contributed by atoms with Crippen LogP contribution in [0.2, 0.25) is 0 Å². The predicted molar refractivity (Wildman–Crippen MR) is 70.6 cm³/mol. The second-order valence-corrected chi connectivity index (χ2v) is 3.73. The number of nitrogens with zero attached hydrogens (tertiary/aromatic N) is 2. The zero-order valence-electron chi connectivity index (χ0n) is 10.2. The fraction of sp³-hybridized carbons (Fsp3) is 0.250. The average Bonchev–Trinajstić information content (AvgIpc) is 2.87. The molecule has 1 aromatic heterocycles. The van der Waals surface area contributed by atoms with Crippen molar-refractivity contribution in [1.29, 1.82) is 0 Å². The van der Waals surface area contributed by atoms with Crippen molar-refractivity contribution in [2.45, 2.75) is 13.1 Å². The predicted octanol–water partition coefficient (Wildman–Crippen LogP) is 2.83. The van der Waals surface area contributed by atoms with Crippen molar-refractivity contribution in [3.05, 3.63) is 36.2 Å². The Kier molecular flexibility index (Phi) is 5.26. The van der Waals surface area contributed by atoms with Gasteiger partial charge in [-0.05, 0) is 11.6 Å². The van der Waals surface area contributed by atoms with E-state index in [-0.39, 0.29) is 12.4 Å². The molecule has 0 radical (unpaired) electrons. The molecule has 1 heterocycles. The zero-order valence-corrected chi connectivity index (χ0v) is 11.0. The van der Waals surface area contributed by atoms with Gasteiger partial charge < -0.3 is 10.5 Å². The highest BCUT2D eigenvalue weighted by atomic mass is 35.5. The van der Waals surface area contributed by atoms with Crippen molar-refractivity contribution in [3.63, 3.8) is 0 Å². The normalized spacial score (nSPS) is 10.4. The average molecular weight is 290 g/mol. The lowest BCUT2D eigenvalue weighted by atomic mass is 10.1. The van der Waals surface area contributed by atoms with E-state index >= 15 is 0 Å². The van der Waals surface area contributed by atoms with Crippen LogP contribution in [0.25, 0.3) is 11.1 Å². The highest BCUT2D eigenvalue weighted by Gasteiger charge is 2.12.